The third-order valence-electron chi connectivity index (χ3n) is 4.94. The molecular weight excluding hydrogens is 347 g/mol. The Morgan fingerprint density at radius 1 is 1.15 bits per heavy atom. The van der Waals surface area contributed by atoms with Gasteiger partial charge in [-0.15, -0.1) is 0 Å². The van der Waals surface area contributed by atoms with Gasteiger partial charge in [0.1, 0.15) is 17.3 Å². The molecule has 0 radical (unpaired) electrons. The first-order chi connectivity index (χ1) is 13.2. The van der Waals surface area contributed by atoms with Crippen LogP contribution in [0.15, 0.2) is 70.4 Å². The average molecular weight is 364 g/mol. The molecule has 2 atom stereocenters. The van der Waals surface area contributed by atoms with Crippen LogP contribution >= 0.6 is 0 Å². The third kappa shape index (κ3) is 2.56. The number of hydrazone groups is 1. The minimum absolute atomic E-state index is 0.0442. The Balaban J connectivity index is 1.64. The van der Waals surface area contributed by atoms with Crippen LogP contribution in [0.25, 0.3) is 0 Å². The van der Waals surface area contributed by atoms with E-state index in [-0.39, 0.29) is 11.9 Å². The molecule has 0 spiro atoms. The fourth-order valence-corrected chi connectivity index (χ4v) is 3.72. The fraction of sp³-hybridized carbons (Fsp3) is 0.190. The van der Waals surface area contributed by atoms with Crippen LogP contribution in [0.2, 0.25) is 0 Å². The summed E-state index contributed by atoms with van der Waals surface area (Å²) in [6.45, 7) is 0. The van der Waals surface area contributed by atoms with Gasteiger partial charge in [-0.05, 0) is 30.3 Å². The Morgan fingerprint density at radius 2 is 2.04 bits per heavy atom. The molecule has 3 aromatic rings. The largest absolute Gasteiger partial charge is 0.493 e. The lowest BCUT2D eigenvalue weighted by Gasteiger charge is -2.38. The molecule has 136 valence electrons. The van der Waals surface area contributed by atoms with Gasteiger partial charge in [-0.25, -0.2) is 9.40 Å². The number of furan rings is 1. The highest BCUT2D eigenvalue weighted by Gasteiger charge is 2.42. The van der Waals surface area contributed by atoms with Gasteiger partial charge in [0.2, 0.25) is 6.23 Å². The molecule has 0 bridgehead atoms. The molecule has 2 aliphatic heterocycles. The molecule has 3 heterocycles. The monoisotopic (exact) mass is 364 g/mol. The summed E-state index contributed by atoms with van der Waals surface area (Å²) in [4.78, 5) is 0. The molecule has 2 aromatic carbocycles. The molecule has 1 aromatic heterocycles. The highest BCUT2D eigenvalue weighted by Crippen LogP contribution is 2.50. The Bertz CT molecular complexity index is 1020. The number of methoxy groups -OCH3 is 1. The van der Waals surface area contributed by atoms with E-state index >= 15 is 0 Å². The minimum Gasteiger partial charge on any atom is -0.493 e. The number of nitrogens with zero attached hydrogens (tertiary/aromatic N) is 2. The van der Waals surface area contributed by atoms with Crippen molar-refractivity contribution >= 4 is 5.71 Å². The van der Waals surface area contributed by atoms with Gasteiger partial charge < -0.3 is 13.9 Å². The maximum absolute atomic E-state index is 13.9. The smallest absolute Gasteiger partial charge is 0.214 e. The van der Waals surface area contributed by atoms with Gasteiger partial charge in [-0.3, -0.25) is 0 Å². The summed E-state index contributed by atoms with van der Waals surface area (Å²) in [6, 6.07) is 15.9. The predicted octanol–water partition coefficient (Wildman–Crippen LogP) is 4.67. The number of ether oxygens (including phenoxy) is 2. The lowest BCUT2D eigenvalue weighted by Crippen LogP contribution is -2.34. The molecule has 6 heteroatoms. The Kier molecular flexibility index (Phi) is 3.63. The van der Waals surface area contributed by atoms with Gasteiger partial charge >= 0.3 is 0 Å². The summed E-state index contributed by atoms with van der Waals surface area (Å²) in [5, 5.41) is 6.65. The van der Waals surface area contributed by atoms with E-state index in [9.17, 15) is 4.39 Å². The first-order valence-electron chi connectivity index (χ1n) is 8.73. The van der Waals surface area contributed by atoms with Gasteiger partial charge in [0, 0.05) is 17.5 Å². The van der Waals surface area contributed by atoms with Crippen molar-refractivity contribution < 1.29 is 18.3 Å². The summed E-state index contributed by atoms with van der Waals surface area (Å²) in [6.07, 6.45) is 1.75. The molecular formula is C21H17FN2O3. The molecule has 0 fully saturated rings. The van der Waals surface area contributed by atoms with Crippen LogP contribution in [0.1, 0.15) is 35.6 Å². The molecule has 0 N–H and O–H groups in total. The number of halogens is 1. The summed E-state index contributed by atoms with van der Waals surface area (Å²) < 4.78 is 31.2. The number of rotatable bonds is 3. The molecule has 0 unspecified atom stereocenters. The van der Waals surface area contributed by atoms with Crippen molar-refractivity contribution in [1.29, 1.82) is 0 Å². The van der Waals surface area contributed by atoms with Crippen molar-refractivity contribution in [1.82, 2.24) is 5.01 Å². The first-order valence-corrected chi connectivity index (χ1v) is 8.73. The summed E-state index contributed by atoms with van der Waals surface area (Å²) in [7, 11) is 1.61. The lowest BCUT2D eigenvalue weighted by atomic mass is 9.97. The first kappa shape index (κ1) is 15.9. The number of benzene rings is 2. The zero-order valence-corrected chi connectivity index (χ0v) is 14.6. The summed E-state index contributed by atoms with van der Waals surface area (Å²) >= 11 is 0. The third-order valence-corrected chi connectivity index (χ3v) is 4.94. The number of para-hydroxylation sites is 1. The Hall–Kier alpha value is -3.28. The number of fused-ring (bicyclic) bond motifs is 3. The number of hydrogen-bond donors (Lipinski definition) is 0. The summed E-state index contributed by atoms with van der Waals surface area (Å²) in [5.41, 5.74) is 2.53. The van der Waals surface area contributed by atoms with E-state index in [2.05, 4.69) is 0 Å². The Labute approximate surface area is 155 Å². The van der Waals surface area contributed by atoms with E-state index in [1.165, 1.54) is 12.1 Å². The molecule has 27 heavy (non-hydrogen) atoms. The van der Waals surface area contributed by atoms with Gasteiger partial charge in [0.15, 0.2) is 11.5 Å². The topological polar surface area (TPSA) is 47.2 Å². The average Bonchev–Trinajstić information content (AvgIpc) is 3.36. The SMILES string of the molecule is COc1cccc2c1O[C@@H](c1cccc(F)c1)N1N=C(c3ccco3)C[C@H]21. The van der Waals surface area contributed by atoms with E-state index in [0.29, 0.717) is 23.5 Å². The second kappa shape index (κ2) is 6.16. The second-order valence-electron chi connectivity index (χ2n) is 6.53. The maximum Gasteiger partial charge on any atom is 0.214 e. The van der Waals surface area contributed by atoms with Crippen molar-refractivity contribution in [2.75, 3.05) is 7.11 Å². The van der Waals surface area contributed by atoms with Crippen LogP contribution in [0, 0.1) is 5.82 Å². The highest BCUT2D eigenvalue weighted by molar-refractivity contribution is 5.99. The van der Waals surface area contributed by atoms with Crippen molar-refractivity contribution in [2.45, 2.75) is 18.7 Å². The molecule has 5 nitrogen and oxygen atoms in total. The molecule has 0 saturated heterocycles. The fourth-order valence-electron chi connectivity index (χ4n) is 3.72. The predicted molar refractivity (Wildman–Crippen MR) is 97.2 cm³/mol. The molecule has 0 amide bonds. The van der Waals surface area contributed by atoms with Crippen LogP contribution < -0.4 is 9.47 Å². The zero-order valence-electron chi connectivity index (χ0n) is 14.6. The van der Waals surface area contributed by atoms with E-state index in [1.807, 2.05) is 41.4 Å². The van der Waals surface area contributed by atoms with Crippen LogP contribution in [-0.2, 0) is 0 Å². The Morgan fingerprint density at radius 3 is 2.81 bits per heavy atom. The van der Waals surface area contributed by atoms with Gasteiger partial charge in [0.25, 0.3) is 0 Å². The van der Waals surface area contributed by atoms with Crippen LogP contribution in [0.4, 0.5) is 4.39 Å². The van der Waals surface area contributed by atoms with Gasteiger partial charge in [0.05, 0.1) is 19.4 Å². The molecule has 5 rings (SSSR count). The second-order valence-corrected chi connectivity index (χ2v) is 6.53. The summed E-state index contributed by atoms with van der Waals surface area (Å²) in [5.74, 6) is 1.74. The van der Waals surface area contributed by atoms with E-state index < -0.39 is 6.23 Å². The minimum atomic E-state index is -0.554. The normalized spacial score (nSPS) is 20.5. The van der Waals surface area contributed by atoms with E-state index in [1.54, 1.807) is 19.4 Å². The van der Waals surface area contributed by atoms with Crippen LogP contribution in [0.5, 0.6) is 11.5 Å². The van der Waals surface area contributed by atoms with E-state index in [0.717, 1.165) is 17.0 Å². The van der Waals surface area contributed by atoms with Crippen molar-refractivity contribution in [3.63, 3.8) is 0 Å². The quantitative estimate of drug-likeness (QED) is 0.678. The highest BCUT2D eigenvalue weighted by atomic mass is 19.1. The molecule has 0 saturated carbocycles. The van der Waals surface area contributed by atoms with Crippen molar-refractivity contribution in [3.05, 3.63) is 83.6 Å². The lowest BCUT2D eigenvalue weighted by molar-refractivity contribution is -0.0210. The van der Waals surface area contributed by atoms with Crippen LogP contribution in [-0.4, -0.2) is 17.8 Å². The molecule has 0 aliphatic carbocycles. The zero-order chi connectivity index (χ0) is 18.4. The van der Waals surface area contributed by atoms with Crippen molar-refractivity contribution in [3.8, 4) is 11.5 Å². The standard InChI is InChI=1S/C21H17FN2O3/c1-25-19-8-3-7-15-17-12-16(18-9-4-10-26-18)23-24(17)21(27-20(15)19)13-5-2-6-14(22)11-13/h2-11,17,21H,12H2,1H3/t17-,21+/m1/s1. The number of hydrogen-bond acceptors (Lipinski definition) is 5. The van der Waals surface area contributed by atoms with Crippen LogP contribution in [0.3, 0.4) is 0 Å². The van der Waals surface area contributed by atoms with Crippen molar-refractivity contribution in [2.24, 2.45) is 5.10 Å². The molecule has 2 aliphatic rings. The van der Waals surface area contributed by atoms with E-state index in [4.69, 9.17) is 19.0 Å². The van der Waals surface area contributed by atoms with Gasteiger partial charge in [-0.2, -0.15) is 5.10 Å². The maximum atomic E-state index is 13.9. The van der Waals surface area contributed by atoms with Gasteiger partial charge in [-0.1, -0.05) is 24.3 Å².